The summed E-state index contributed by atoms with van der Waals surface area (Å²) in [5, 5.41) is 2.66. The molecule has 1 amide bonds. The molecule has 0 aromatic heterocycles. The van der Waals surface area contributed by atoms with E-state index in [-0.39, 0.29) is 0 Å². The van der Waals surface area contributed by atoms with Gasteiger partial charge in [0.05, 0.1) is 6.54 Å². The van der Waals surface area contributed by atoms with Crippen LogP contribution in [0.3, 0.4) is 0 Å². The van der Waals surface area contributed by atoms with Crippen molar-refractivity contribution in [3.8, 4) is 16.9 Å². The van der Waals surface area contributed by atoms with E-state index < -0.39 is 11.7 Å². The van der Waals surface area contributed by atoms with Gasteiger partial charge in [0.15, 0.2) is 0 Å². The van der Waals surface area contributed by atoms with Crippen LogP contribution in [-0.2, 0) is 4.74 Å². The van der Waals surface area contributed by atoms with Gasteiger partial charge in [-0.3, -0.25) is 0 Å². The quantitative estimate of drug-likeness (QED) is 0.839. The van der Waals surface area contributed by atoms with Gasteiger partial charge in [0.1, 0.15) is 18.0 Å². The number of hydrogen-bond donors (Lipinski definition) is 1. The Labute approximate surface area is 137 Å². The number of carbonyl (C=O) groups is 1. The van der Waals surface area contributed by atoms with Gasteiger partial charge in [-0.1, -0.05) is 42.5 Å². The molecule has 0 aliphatic heterocycles. The Morgan fingerprint density at radius 3 is 2.17 bits per heavy atom. The first kappa shape index (κ1) is 16.9. The molecule has 0 radical (unpaired) electrons. The van der Waals surface area contributed by atoms with Crippen molar-refractivity contribution in [2.45, 2.75) is 26.4 Å². The molecule has 4 nitrogen and oxygen atoms in total. The Morgan fingerprint density at radius 2 is 1.57 bits per heavy atom. The number of nitrogens with one attached hydrogen (secondary N) is 1. The molecule has 0 fully saturated rings. The SMILES string of the molecule is CC(C)(C)OC(=O)NCCOc1ccc(-c2ccccc2)cc1. The van der Waals surface area contributed by atoms with E-state index >= 15 is 0 Å². The topological polar surface area (TPSA) is 47.6 Å². The molecular weight excluding hydrogens is 290 g/mol. The number of benzene rings is 2. The van der Waals surface area contributed by atoms with Gasteiger partial charge >= 0.3 is 6.09 Å². The third-order valence-corrected chi connectivity index (χ3v) is 3.00. The fourth-order valence-corrected chi connectivity index (χ4v) is 2.01. The highest BCUT2D eigenvalue weighted by molar-refractivity contribution is 5.67. The van der Waals surface area contributed by atoms with Crippen LogP contribution in [-0.4, -0.2) is 24.8 Å². The average Bonchev–Trinajstić information content (AvgIpc) is 2.51. The molecule has 0 aliphatic carbocycles. The van der Waals surface area contributed by atoms with Crippen molar-refractivity contribution in [2.24, 2.45) is 0 Å². The van der Waals surface area contributed by atoms with Gasteiger partial charge in [-0.2, -0.15) is 0 Å². The molecule has 23 heavy (non-hydrogen) atoms. The molecule has 0 heterocycles. The molecule has 0 spiro atoms. The highest BCUT2D eigenvalue weighted by atomic mass is 16.6. The Balaban J connectivity index is 1.76. The lowest BCUT2D eigenvalue weighted by molar-refractivity contribution is 0.0520. The average molecular weight is 313 g/mol. The second-order valence-electron chi connectivity index (χ2n) is 6.17. The van der Waals surface area contributed by atoms with Crippen LogP contribution in [0.5, 0.6) is 5.75 Å². The third kappa shape index (κ3) is 6.02. The Bertz CT molecular complexity index is 615. The van der Waals surface area contributed by atoms with Gasteiger partial charge in [0.25, 0.3) is 0 Å². The van der Waals surface area contributed by atoms with E-state index in [0.29, 0.717) is 13.2 Å². The number of hydrogen-bond acceptors (Lipinski definition) is 3. The molecule has 0 saturated heterocycles. The van der Waals surface area contributed by atoms with E-state index in [2.05, 4.69) is 17.4 Å². The molecule has 0 saturated carbocycles. The van der Waals surface area contributed by atoms with Crippen molar-refractivity contribution in [1.29, 1.82) is 0 Å². The summed E-state index contributed by atoms with van der Waals surface area (Å²) in [6, 6.07) is 18.1. The van der Waals surface area contributed by atoms with Crippen LogP contribution in [0.1, 0.15) is 20.8 Å². The number of ether oxygens (including phenoxy) is 2. The van der Waals surface area contributed by atoms with E-state index in [1.165, 1.54) is 5.56 Å². The predicted octanol–water partition coefficient (Wildman–Crippen LogP) is 4.26. The second-order valence-corrected chi connectivity index (χ2v) is 6.17. The summed E-state index contributed by atoms with van der Waals surface area (Å²) in [5.41, 5.74) is 1.83. The van der Waals surface area contributed by atoms with Crippen LogP contribution in [0.15, 0.2) is 54.6 Å². The van der Waals surface area contributed by atoms with Crippen LogP contribution in [0.25, 0.3) is 11.1 Å². The van der Waals surface area contributed by atoms with Crippen molar-refractivity contribution in [3.05, 3.63) is 54.6 Å². The zero-order chi connectivity index (χ0) is 16.7. The summed E-state index contributed by atoms with van der Waals surface area (Å²) < 4.78 is 10.8. The fourth-order valence-electron chi connectivity index (χ4n) is 2.01. The minimum Gasteiger partial charge on any atom is -0.492 e. The first-order chi connectivity index (χ1) is 10.9. The molecule has 0 bridgehead atoms. The highest BCUT2D eigenvalue weighted by Crippen LogP contribution is 2.21. The molecule has 0 atom stereocenters. The van der Waals surface area contributed by atoms with Crippen molar-refractivity contribution in [3.63, 3.8) is 0 Å². The molecule has 1 N–H and O–H groups in total. The minimum absolute atomic E-state index is 0.393. The normalized spacial score (nSPS) is 10.9. The van der Waals surface area contributed by atoms with Gasteiger partial charge in [-0.05, 0) is 44.0 Å². The predicted molar refractivity (Wildman–Crippen MR) is 91.6 cm³/mol. The maximum absolute atomic E-state index is 11.5. The summed E-state index contributed by atoms with van der Waals surface area (Å²) in [6.45, 7) is 6.28. The number of rotatable bonds is 5. The fraction of sp³-hybridized carbons (Fsp3) is 0.316. The first-order valence-electron chi connectivity index (χ1n) is 7.69. The van der Waals surface area contributed by atoms with Crippen molar-refractivity contribution >= 4 is 6.09 Å². The molecule has 2 aromatic rings. The van der Waals surface area contributed by atoms with Gasteiger partial charge in [0.2, 0.25) is 0 Å². The first-order valence-corrected chi connectivity index (χ1v) is 7.69. The lowest BCUT2D eigenvalue weighted by atomic mass is 10.1. The Kier molecular flexibility index (Phi) is 5.63. The van der Waals surface area contributed by atoms with E-state index in [4.69, 9.17) is 9.47 Å². The summed E-state index contributed by atoms with van der Waals surface area (Å²) in [7, 11) is 0. The molecule has 0 aliphatic rings. The lowest BCUT2D eigenvalue weighted by Crippen LogP contribution is -2.34. The second kappa shape index (κ2) is 7.68. The monoisotopic (exact) mass is 313 g/mol. The molecular formula is C19H23NO3. The van der Waals surface area contributed by atoms with E-state index in [9.17, 15) is 4.79 Å². The van der Waals surface area contributed by atoms with E-state index in [1.54, 1.807) is 0 Å². The smallest absolute Gasteiger partial charge is 0.407 e. The largest absolute Gasteiger partial charge is 0.492 e. The summed E-state index contributed by atoms with van der Waals surface area (Å²) in [4.78, 5) is 11.5. The lowest BCUT2D eigenvalue weighted by Gasteiger charge is -2.19. The molecule has 4 heteroatoms. The van der Waals surface area contributed by atoms with E-state index in [1.807, 2.05) is 63.2 Å². The number of amides is 1. The van der Waals surface area contributed by atoms with Crippen molar-refractivity contribution in [1.82, 2.24) is 5.32 Å². The van der Waals surface area contributed by atoms with Crippen LogP contribution >= 0.6 is 0 Å². The summed E-state index contributed by atoms with van der Waals surface area (Å²) >= 11 is 0. The molecule has 122 valence electrons. The molecule has 0 unspecified atom stereocenters. The van der Waals surface area contributed by atoms with E-state index in [0.717, 1.165) is 11.3 Å². The van der Waals surface area contributed by atoms with Crippen molar-refractivity contribution < 1.29 is 14.3 Å². The third-order valence-electron chi connectivity index (χ3n) is 3.00. The minimum atomic E-state index is -0.488. The van der Waals surface area contributed by atoms with Gasteiger partial charge in [0, 0.05) is 0 Å². The highest BCUT2D eigenvalue weighted by Gasteiger charge is 2.15. The Hall–Kier alpha value is -2.49. The van der Waals surface area contributed by atoms with Crippen LogP contribution in [0.2, 0.25) is 0 Å². The van der Waals surface area contributed by atoms with Crippen LogP contribution in [0.4, 0.5) is 4.79 Å². The maximum atomic E-state index is 11.5. The molecule has 2 rings (SSSR count). The summed E-state index contributed by atoms with van der Waals surface area (Å²) in [5.74, 6) is 0.774. The van der Waals surface area contributed by atoms with Crippen LogP contribution < -0.4 is 10.1 Å². The maximum Gasteiger partial charge on any atom is 0.407 e. The van der Waals surface area contributed by atoms with Crippen LogP contribution in [0, 0.1) is 0 Å². The number of alkyl carbamates (subject to hydrolysis) is 1. The zero-order valence-corrected chi connectivity index (χ0v) is 13.8. The van der Waals surface area contributed by atoms with Gasteiger partial charge in [-0.15, -0.1) is 0 Å². The zero-order valence-electron chi connectivity index (χ0n) is 13.8. The summed E-state index contributed by atoms with van der Waals surface area (Å²) in [6.07, 6.45) is -0.430. The number of carbonyl (C=O) groups excluding carboxylic acids is 1. The van der Waals surface area contributed by atoms with Gasteiger partial charge < -0.3 is 14.8 Å². The van der Waals surface area contributed by atoms with Gasteiger partial charge in [-0.25, -0.2) is 4.79 Å². The Morgan fingerprint density at radius 1 is 0.957 bits per heavy atom. The standard InChI is InChI=1S/C19H23NO3/c1-19(2,3)23-18(21)20-13-14-22-17-11-9-16(10-12-17)15-7-5-4-6-8-15/h4-12H,13-14H2,1-3H3,(H,20,21). The molecule has 2 aromatic carbocycles. The van der Waals surface area contributed by atoms with Crippen molar-refractivity contribution in [2.75, 3.05) is 13.2 Å².